The highest BCUT2D eigenvalue weighted by Gasteiger charge is 2.37. The smallest absolute Gasteiger partial charge is 0.392 e. The Labute approximate surface area is 138 Å². The zero-order valence-electron chi connectivity index (χ0n) is 13.3. The van der Waals surface area contributed by atoms with E-state index in [9.17, 15) is 23.1 Å². The van der Waals surface area contributed by atoms with E-state index in [1.807, 2.05) is 0 Å². The molecule has 0 radical (unpaired) electrons. The van der Waals surface area contributed by atoms with E-state index in [4.69, 9.17) is 0 Å². The molecule has 1 aromatic carbocycles. The van der Waals surface area contributed by atoms with Crippen LogP contribution in [0.2, 0.25) is 0 Å². The van der Waals surface area contributed by atoms with Crippen LogP contribution in [0.1, 0.15) is 28.8 Å². The first-order chi connectivity index (χ1) is 11.4. The average Bonchev–Trinajstić information content (AvgIpc) is 3.39. The fourth-order valence-corrected chi connectivity index (χ4v) is 3.12. The zero-order chi connectivity index (χ0) is 17.3. The Kier molecular flexibility index (Phi) is 4.83. The van der Waals surface area contributed by atoms with Crippen molar-refractivity contribution in [3.8, 4) is 0 Å². The Balaban J connectivity index is 1.61. The number of hydrogen-bond donors (Lipinski definition) is 1. The predicted octanol–water partition coefficient (Wildman–Crippen LogP) is 2.23. The molecule has 1 aliphatic carbocycles. The number of alkyl halides is 3. The van der Waals surface area contributed by atoms with Gasteiger partial charge in [-0.25, -0.2) is 0 Å². The van der Waals surface area contributed by atoms with Crippen LogP contribution in [0, 0.1) is 5.92 Å². The van der Waals surface area contributed by atoms with Gasteiger partial charge in [0.05, 0.1) is 17.2 Å². The topological polar surface area (TPSA) is 43.8 Å². The molecule has 132 valence electrons. The quantitative estimate of drug-likeness (QED) is 0.913. The summed E-state index contributed by atoms with van der Waals surface area (Å²) in [5.41, 5.74) is -1.18. The number of aliphatic hydroxyl groups excluding tert-OH is 1. The van der Waals surface area contributed by atoms with Gasteiger partial charge in [0.25, 0.3) is 5.91 Å². The summed E-state index contributed by atoms with van der Waals surface area (Å²) < 4.78 is 39.2. The van der Waals surface area contributed by atoms with Crippen LogP contribution in [-0.4, -0.2) is 59.6 Å². The molecule has 1 aliphatic heterocycles. The highest BCUT2D eigenvalue weighted by molar-refractivity contribution is 5.96. The molecule has 0 spiro atoms. The van der Waals surface area contributed by atoms with Crippen molar-refractivity contribution >= 4 is 5.91 Å². The Morgan fingerprint density at radius 1 is 1.17 bits per heavy atom. The van der Waals surface area contributed by atoms with Crippen LogP contribution in [0.5, 0.6) is 0 Å². The average molecular weight is 342 g/mol. The van der Waals surface area contributed by atoms with Crippen molar-refractivity contribution in [2.75, 3.05) is 32.7 Å². The largest absolute Gasteiger partial charge is 0.417 e. The van der Waals surface area contributed by atoms with Gasteiger partial charge in [0, 0.05) is 32.7 Å². The number of aliphatic hydroxyl groups is 1. The van der Waals surface area contributed by atoms with E-state index in [0.717, 1.165) is 18.9 Å². The van der Waals surface area contributed by atoms with Gasteiger partial charge in [-0.1, -0.05) is 12.1 Å². The summed E-state index contributed by atoms with van der Waals surface area (Å²) in [6, 6.07) is 4.91. The lowest BCUT2D eigenvalue weighted by Crippen LogP contribution is -2.50. The monoisotopic (exact) mass is 342 g/mol. The van der Waals surface area contributed by atoms with Crippen molar-refractivity contribution in [3.63, 3.8) is 0 Å². The van der Waals surface area contributed by atoms with Gasteiger partial charge in [-0.3, -0.25) is 9.69 Å². The summed E-state index contributed by atoms with van der Waals surface area (Å²) in [6.45, 7) is 2.48. The molecule has 1 amide bonds. The van der Waals surface area contributed by atoms with E-state index < -0.39 is 17.6 Å². The maximum atomic E-state index is 13.1. The number of amides is 1. The first-order valence-corrected chi connectivity index (χ1v) is 8.22. The Bertz CT molecular complexity index is 594. The SMILES string of the molecule is O=C(c1ccccc1C(F)(F)F)N1CCN(C[C@H](O)C2CC2)CC1. The van der Waals surface area contributed by atoms with Gasteiger partial charge in [0.2, 0.25) is 0 Å². The predicted molar refractivity (Wildman–Crippen MR) is 82.5 cm³/mol. The second-order valence-corrected chi connectivity index (χ2v) is 6.54. The van der Waals surface area contributed by atoms with Crippen LogP contribution < -0.4 is 0 Å². The highest BCUT2D eigenvalue weighted by atomic mass is 19.4. The molecule has 0 bridgehead atoms. The lowest BCUT2D eigenvalue weighted by Gasteiger charge is -2.36. The molecule has 1 saturated heterocycles. The van der Waals surface area contributed by atoms with Crippen LogP contribution in [0.4, 0.5) is 13.2 Å². The molecule has 2 aliphatic rings. The van der Waals surface area contributed by atoms with E-state index in [0.29, 0.717) is 38.6 Å². The molecule has 0 unspecified atom stereocenters. The van der Waals surface area contributed by atoms with Crippen LogP contribution in [-0.2, 0) is 6.18 Å². The summed E-state index contributed by atoms with van der Waals surface area (Å²) >= 11 is 0. The Hall–Kier alpha value is -1.60. The first kappa shape index (κ1) is 17.2. The van der Waals surface area contributed by atoms with Gasteiger partial charge in [-0.2, -0.15) is 13.2 Å². The standard InChI is InChI=1S/C17H21F3N2O2/c18-17(19,20)14-4-2-1-3-13(14)16(24)22-9-7-21(8-10-22)11-15(23)12-5-6-12/h1-4,12,15,23H,5-11H2/t15-/m0/s1. The molecule has 1 aromatic rings. The molecule has 1 atom stereocenters. The van der Waals surface area contributed by atoms with E-state index in [1.165, 1.54) is 23.1 Å². The number of hydrogen-bond acceptors (Lipinski definition) is 3. The molecule has 2 fully saturated rings. The number of halogens is 3. The van der Waals surface area contributed by atoms with Crippen molar-refractivity contribution in [1.29, 1.82) is 0 Å². The van der Waals surface area contributed by atoms with Gasteiger partial charge >= 0.3 is 6.18 Å². The minimum Gasteiger partial charge on any atom is -0.392 e. The lowest BCUT2D eigenvalue weighted by atomic mass is 10.1. The molecule has 1 heterocycles. The van der Waals surface area contributed by atoms with Crippen LogP contribution in [0.25, 0.3) is 0 Å². The third kappa shape index (κ3) is 3.89. The van der Waals surface area contributed by atoms with E-state index in [1.54, 1.807) is 0 Å². The highest BCUT2D eigenvalue weighted by Crippen LogP contribution is 2.33. The van der Waals surface area contributed by atoms with E-state index in [2.05, 4.69) is 4.90 Å². The fourth-order valence-electron chi connectivity index (χ4n) is 3.12. The maximum Gasteiger partial charge on any atom is 0.417 e. The van der Waals surface area contributed by atoms with Crippen LogP contribution >= 0.6 is 0 Å². The van der Waals surface area contributed by atoms with Gasteiger partial charge < -0.3 is 10.0 Å². The van der Waals surface area contributed by atoms with Crippen LogP contribution in [0.15, 0.2) is 24.3 Å². The van der Waals surface area contributed by atoms with E-state index >= 15 is 0 Å². The fraction of sp³-hybridized carbons (Fsp3) is 0.588. The summed E-state index contributed by atoms with van der Waals surface area (Å²) in [7, 11) is 0. The molecular formula is C17H21F3N2O2. The number of carbonyl (C=O) groups excluding carboxylic acids is 1. The normalized spacial score (nSPS) is 20.9. The number of β-amino-alcohol motifs (C(OH)–C–C–N with tert-alkyl or cyclic N) is 1. The molecule has 3 rings (SSSR count). The van der Waals surface area contributed by atoms with Gasteiger partial charge in [-0.15, -0.1) is 0 Å². The van der Waals surface area contributed by atoms with Crippen molar-refractivity contribution in [2.24, 2.45) is 5.92 Å². The van der Waals surface area contributed by atoms with Crippen LogP contribution in [0.3, 0.4) is 0 Å². The third-order valence-electron chi connectivity index (χ3n) is 4.73. The number of carbonyl (C=O) groups is 1. The molecule has 1 saturated carbocycles. The zero-order valence-corrected chi connectivity index (χ0v) is 13.3. The molecule has 4 nitrogen and oxygen atoms in total. The van der Waals surface area contributed by atoms with Crippen molar-refractivity contribution in [1.82, 2.24) is 9.80 Å². The molecule has 7 heteroatoms. The first-order valence-electron chi connectivity index (χ1n) is 8.22. The van der Waals surface area contributed by atoms with Crippen molar-refractivity contribution in [2.45, 2.75) is 25.1 Å². The van der Waals surface area contributed by atoms with Gasteiger partial charge in [0.15, 0.2) is 0 Å². The molecule has 0 aromatic heterocycles. The third-order valence-corrected chi connectivity index (χ3v) is 4.73. The second-order valence-electron chi connectivity index (χ2n) is 6.54. The molecular weight excluding hydrogens is 321 g/mol. The lowest BCUT2D eigenvalue weighted by molar-refractivity contribution is -0.138. The van der Waals surface area contributed by atoms with Crippen molar-refractivity contribution < 1.29 is 23.1 Å². The minimum atomic E-state index is -4.54. The second kappa shape index (κ2) is 6.72. The maximum absolute atomic E-state index is 13.1. The van der Waals surface area contributed by atoms with Gasteiger partial charge in [0.1, 0.15) is 0 Å². The summed E-state index contributed by atoms with van der Waals surface area (Å²) in [5.74, 6) is -0.186. The number of rotatable bonds is 4. The van der Waals surface area contributed by atoms with Crippen molar-refractivity contribution in [3.05, 3.63) is 35.4 Å². The summed E-state index contributed by atoms with van der Waals surface area (Å²) in [5, 5.41) is 9.97. The van der Waals surface area contributed by atoms with E-state index in [-0.39, 0.29) is 11.7 Å². The Morgan fingerprint density at radius 2 is 1.79 bits per heavy atom. The summed E-state index contributed by atoms with van der Waals surface area (Å²) in [6.07, 6.45) is -2.75. The number of benzene rings is 1. The molecule has 24 heavy (non-hydrogen) atoms. The minimum absolute atomic E-state index is 0.295. The number of nitrogens with zero attached hydrogens (tertiary/aromatic N) is 2. The summed E-state index contributed by atoms with van der Waals surface area (Å²) in [4.78, 5) is 16.0. The van der Waals surface area contributed by atoms with Gasteiger partial charge in [-0.05, 0) is 30.9 Å². The Morgan fingerprint density at radius 3 is 2.38 bits per heavy atom. The molecule has 1 N–H and O–H groups in total. The number of piperazine rings is 1.